The molecule has 2 amide bonds. The second kappa shape index (κ2) is 10.8. The number of aromatic hydroxyl groups is 1. The van der Waals surface area contributed by atoms with Crippen molar-refractivity contribution in [3.63, 3.8) is 0 Å². The molecule has 8 rings (SSSR count). The number of carbonyl (C=O) groups is 3. The quantitative estimate of drug-likeness (QED) is 0.181. The van der Waals surface area contributed by atoms with Gasteiger partial charge in [0.15, 0.2) is 23.0 Å². The van der Waals surface area contributed by atoms with Crippen molar-refractivity contribution in [2.45, 2.75) is 63.8 Å². The summed E-state index contributed by atoms with van der Waals surface area (Å²) in [6, 6.07) is 6.49. The number of benzene rings is 3. The third-order valence-corrected chi connectivity index (χ3v) is 10.9. The van der Waals surface area contributed by atoms with Crippen LogP contribution in [0.3, 0.4) is 0 Å². The molecule has 5 heterocycles. The van der Waals surface area contributed by atoms with Crippen molar-refractivity contribution in [2.75, 3.05) is 33.2 Å². The summed E-state index contributed by atoms with van der Waals surface area (Å²) in [5.41, 5.74) is 11.0. The molecule has 2 unspecified atom stereocenters. The van der Waals surface area contributed by atoms with Crippen molar-refractivity contribution < 1.29 is 38.4 Å². The van der Waals surface area contributed by atoms with Gasteiger partial charge in [-0.05, 0) is 63.1 Å². The third kappa shape index (κ3) is 4.20. The standard InChI is InChI=1S/C36H35N5O8/c1-15-8-18-9-23-25(12-37)41-24(29(39(23)4)27(18)30(43)31(15)46-5)11-22-28(34-33(47-14-48-34)16(2)32(22)49-17(3)42)26(41)13-40-35(44)20-7-6-19(38)10-21(20)36(40)45/h6-8,10,23-26,29,43H,9,11,13-14,38H2,1-5H3/t23-,24?,25?,26-,29-/m0/s1. The van der Waals surface area contributed by atoms with Gasteiger partial charge < -0.3 is 29.8 Å². The van der Waals surface area contributed by atoms with E-state index in [0.29, 0.717) is 63.8 Å². The number of nitriles is 1. The zero-order chi connectivity index (χ0) is 34.6. The third-order valence-electron chi connectivity index (χ3n) is 10.9. The molecule has 0 saturated carbocycles. The fourth-order valence-electron chi connectivity index (χ4n) is 8.94. The fourth-order valence-corrected chi connectivity index (χ4v) is 8.94. The van der Waals surface area contributed by atoms with Gasteiger partial charge >= 0.3 is 5.97 Å². The lowest BCUT2D eigenvalue weighted by Gasteiger charge is -2.60. The van der Waals surface area contributed by atoms with Gasteiger partial charge in [0, 0.05) is 53.5 Å². The number of piperazine rings is 1. The van der Waals surface area contributed by atoms with Crippen molar-refractivity contribution in [3.05, 3.63) is 68.8 Å². The number of imide groups is 1. The number of nitrogens with zero attached hydrogens (tertiary/aromatic N) is 4. The molecule has 2 bridgehead atoms. The number of hydrogen-bond acceptors (Lipinski definition) is 12. The molecule has 3 aromatic carbocycles. The molecular weight excluding hydrogens is 630 g/mol. The van der Waals surface area contributed by atoms with Crippen LogP contribution in [0.4, 0.5) is 5.69 Å². The highest BCUT2D eigenvalue weighted by Crippen LogP contribution is 2.58. The smallest absolute Gasteiger partial charge is 0.308 e. The lowest BCUT2D eigenvalue weighted by atomic mass is 9.71. The minimum Gasteiger partial charge on any atom is -0.504 e. The van der Waals surface area contributed by atoms with Crippen molar-refractivity contribution in [3.8, 4) is 34.8 Å². The first-order valence-corrected chi connectivity index (χ1v) is 16.1. The minimum atomic E-state index is -0.780. The van der Waals surface area contributed by atoms with Gasteiger partial charge in [0.05, 0.1) is 36.4 Å². The second-order valence-electron chi connectivity index (χ2n) is 13.4. The summed E-state index contributed by atoms with van der Waals surface area (Å²) in [6.45, 7) is 4.78. The van der Waals surface area contributed by atoms with Crippen LogP contribution in [-0.2, 0) is 17.6 Å². The molecule has 0 radical (unpaired) electrons. The highest BCUT2D eigenvalue weighted by atomic mass is 16.7. The summed E-state index contributed by atoms with van der Waals surface area (Å²) in [5, 5.41) is 22.7. The Morgan fingerprint density at radius 3 is 2.51 bits per heavy atom. The minimum absolute atomic E-state index is 0.0329. The monoisotopic (exact) mass is 665 g/mol. The molecule has 3 aromatic rings. The highest BCUT2D eigenvalue weighted by Gasteiger charge is 2.57. The zero-order valence-electron chi connectivity index (χ0n) is 27.7. The Hall–Kier alpha value is -5.32. The second-order valence-corrected chi connectivity index (χ2v) is 13.4. The van der Waals surface area contributed by atoms with Crippen molar-refractivity contribution in [1.29, 1.82) is 5.26 Å². The van der Waals surface area contributed by atoms with E-state index < -0.39 is 42.0 Å². The number of phenols is 1. The Morgan fingerprint density at radius 2 is 1.80 bits per heavy atom. The Bertz CT molecular complexity index is 2060. The van der Waals surface area contributed by atoms with Gasteiger partial charge in [-0.2, -0.15) is 5.26 Å². The van der Waals surface area contributed by atoms with E-state index in [9.17, 15) is 24.8 Å². The van der Waals surface area contributed by atoms with E-state index in [0.717, 1.165) is 11.1 Å². The number of likely N-dealkylation sites (N-methyl/N-ethyl adjacent to an activating group) is 1. The van der Waals surface area contributed by atoms with Gasteiger partial charge in [-0.3, -0.25) is 29.1 Å². The van der Waals surface area contributed by atoms with E-state index in [1.54, 1.807) is 19.1 Å². The van der Waals surface area contributed by atoms with Crippen LogP contribution in [0, 0.1) is 25.2 Å². The number of aryl methyl sites for hydroxylation is 1. The van der Waals surface area contributed by atoms with Gasteiger partial charge in [0.2, 0.25) is 6.79 Å². The predicted molar refractivity (Wildman–Crippen MR) is 174 cm³/mol. The molecule has 13 heteroatoms. The zero-order valence-corrected chi connectivity index (χ0v) is 27.7. The molecule has 1 fully saturated rings. The van der Waals surface area contributed by atoms with E-state index in [-0.39, 0.29) is 36.3 Å². The molecule has 5 atom stereocenters. The summed E-state index contributed by atoms with van der Waals surface area (Å²) < 4.78 is 23.5. The first-order chi connectivity index (χ1) is 23.5. The highest BCUT2D eigenvalue weighted by molar-refractivity contribution is 6.21. The topological polar surface area (TPSA) is 168 Å². The SMILES string of the molecule is COc1c(C)cc2c(c1O)[C@@H]1C3Cc4c(OC(C)=O)c(C)c5c(c4[C@H](CN4C(=O)c6ccc(N)cc6C4=O)N3C(C#N)[C@H](C2)N1C)OCO5. The number of esters is 1. The number of ether oxygens (including phenoxy) is 4. The van der Waals surface area contributed by atoms with Crippen LogP contribution in [0.1, 0.15) is 73.1 Å². The van der Waals surface area contributed by atoms with Crippen LogP contribution in [-0.4, -0.2) is 83.2 Å². The van der Waals surface area contributed by atoms with E-state index in [2.05, 4.69) is 15.9 Å². The van der Waals surface area contributed by atoms with Gasteiger partial charge in [0.25, 0.3) is 11.8 Å². The van der Waals surface area contributed by atoms with Crippen molar-refractivity contribution in [1.82, 2.24) is 14.7 Å². The number of methoxy groups -OCH3 is 1. The molecule has 0 spiro atoms. The first kappa shape index (κ1) is 31.0. The van der Waals surface area contributed by atoms with E-state index >= 15 is 0 Å². The molecule has 252 valence electrons. The maximum atomic E-state index is 13.9. The van der Waals surface area contributed by atoms with Gasteiger partial charge in [-0.1, -0.05) is 6.07 Å². The summed E-state index contributed by atoms with van der Waals surface area (Å²) >= 11 is 0. The number of rotatable bonds is 4. The number of nitrogens with two attached hydrogens (primary N) is 1. The Balaban J connectivity index is 1.37. The lowest BCUT2D eigenvalue weighted by molar-refractivity contribution is -0.132. The predicted octanol–water partition coefficient (Wildman–Crippen LogP) is 3.32. The van der Waals surface area contributed by atoms with E-state index in [1.165, 1.54) is 25.0 Å². The molecule has 49 heavy (non-hydrogen) atoms. The Labute approximate surface area is 282 Å². The lowest BCUT2D eigenvalue weighted by Crippen LogP contribution is -2.68. The summed E-state index contributed by atoms with van der Waals surface area (Å²) in [5.74, 6) is 0.0415. The maximum absolute atomic E-state index is 13.9. The number of hydrogen-bond donors (Lipinski definition) is 2. The Morgan fingerprint density at radius 1 is 1.06 bits per heavy atom. The number of carbonyl (C=O) groups excluding carboxylic acids is 3. The van der Waals surface area contributed by atoms with E-state index in [4.69, 9.17) is 24.7 Å². The van der Waals surface area contributed by atoms with Crippen LogP contribution in [0.2, 0.25) is 0 Å². The molecular formula is C36H35N5O8. The largest absolute Gasteiger partial charge is 0.504 e. The van der Waals surface area contributed by atoms with Crippen LogP contribution in [0.15, 0.2) is 24.3 Å². The van der Waals surface area contributed by atoms with Crippen molar-refractivity contribution >= 4 is 23.5 Å². The van der Waals surface area contributed by atoms with Crippen LogP contribution < -0.4 is 24.7 Å². The number of amides is 2. The normalized spacial score (nSPS) is 24.9. The molecule has 0 aliphatic carbocycles. The average molecular weight is 666 g/mol. The number of nitrogen functional groups attached to an aromatic ring is 1. The van der Waals surface area contributed by atoms with Crippen LogP contribution in [0.5, 0.6) is 28.7 Å². The molecule has 5 aliphatic heterocycles. The van der Waals surface area contributed by atoms with Gasteiger partial charge in [-0.25, -0.2) is 0 Å². The molecule has 3 N–H and O–H groups in total. The summed E-state index contributed by atoms with van der Waals surface area (Å²) in [4.78, 5) is 45.7. The summed E-state index contributed by atoms with van der Waals surface area (Å²) in [6.07, 6.45) is 0.762. The van der Waals surface area contributed by atoms with Gasteiger partial charge in [0.1, 0.15) is 11.8 Å². The van der Waals surface area contributed by atoms with Crippen LogP contribution in [0.25, 0.3) is 0 Å². The van der Waals surface area contributed by atoms with E-state index in [1.807, 2.05) is 20.0 Å². The van der Waals surface area contributed by atoms with Crippen LogP contribution >= 0.6 is 0 Å². The average Bonchev–Trinajstić information content (AvgIpc) is 3.63. The number of anilines is 1. The molecule has 13 nitrogen and oxygen atoms in total. The first-order valence-electron chi connectivity index (χ1n) is 16.1. The summed E-state index contributed by atoms with van der Waals surface area (Å²) in [7, 11) is 3.46. The number of fused-ring (bicyclic) bond motifs is 10. The Kier molecular flexibility index (Phi) is 6.86. The maximum Gasteiger partial charge on any atom is 0.308 e. The fraction of sp³-hybridized carbons (Fsp3) is 0.389. The van der Waals surface area contributed by atoms with Crippen molar-refractivity contribution in [2.24, 2.45) is 0 Å². The molecule has 5 aliphatic rings. The van der Waals surface area contributed by atoms with Gasteiger partial charge in [-0.15, -0.1) is 0 Å². The molecule has 1 saturated heterocycles. The number of phenolic OH excluding ortho intramolecular Hbond substituents is 1. The molecule has 0 aromatic heterocycles.